The van der Waals surface area contributed by atoms with E-state index in [-0.39, 0.29) is 29.9 Å². The molecule has 1 amide bonds. The molecule has 0 aromatic heterocycles. The van der Waals surface area contributed by atoms with Crippen LogP contribution in [0.5, 0.6) is 5.75 Å². The van der Waals surface area contributed by atoms with E-state index in [1.807, 2.05) is 0 Å². The van der Waals surface area contributed by atoms with Crippen LogP contribution in [-0.2, 0) is 10.3 Å². The van der Waals surface area contributed by atoms with Gasteiger partial charge in [0.1, 0.15) is 17.2 Å². The normalized spacial score (nSPS) is 26.2. The van der Waals surface area contributed by atoms with E-state index in [0.29, 0.717) is 22.4 Å². The van der Waals surface area contributed by atoms with Gasteiger partial charge in [-0.2, -0.15) is 0 Å². The summed E-state index contributed by atoms with van der Waals surface area (Å²) < 4.78 is 19.8. The predicted octanol–water partition coefficient (Wildman–Crippen LogP) is 2.66. The molecule has 0 bridgehead atoms. The molecule has 4 rings (SSSR count). The molecule has 2 aliphatic rings. The van der Waals surface area contributed by atoms with Gasteiger partial charge in [-0.1, -0.05) is 17.7 Å². The lowest BCUT2D eigenvalue weighted by atomic mass is 9.76. The maximum atomic E-state index is 13.8. The molecule has 2 aromatic carbocycles. The molecule has 28 heavy (non-hydrogen) atoms. The maximum absolute atomic E-state index is 13.8. The van der Waals surface area contributed by atoms with Crippen LogP contribution in [0.4, 0.5) is 4.39 Å². The highest BCUT2D eigenvalue weighted by Gasteiger charge is 2.56. The number of halogens is 2. The second-order valence-electron chi connectivity index (χ2n) is 7.45. The summed E-state index contributed by atoms with van der Waals surface area (Å²) >= 11 is 5.99. The van der Waals surface area contributed by atoms with E-state index < -0.39 is 17.0 Å². The molecule has 0 saturated heterocycles. The van der Waals surface area contributed by atoms with Gasteiger partial charge in [0.15, 0.2) is 11.5 Å². The number of fused-ring (bicyclic) bond motifs is 2. The van der Waals surface area contributed by atoms with Gasteiger partial charge >= 0.3 is 0 Å². The van der Waals surface area contributed by atoms with Crippen molar-refractivity contribution < 1.29 is 19.0 Å². The number of likely N-dealkylation sites (N-methyl/N-ethyl adjacent to an activating group) is 1. The van der Waals surface area contributed by atoms with E-state index in [1.165, 1.54) is 17.0 Å². The average Bonchev–Trinajstić information content (AvgIpc) is 2.85. The number of aliphatic hydroxyl groups excluding tert-OH is 1. The Hall–Kier alpha value is -2.64. The van der Waals surface area contributed by atoms with Crippen LogP contribution in [0.3, 0.4) is 0 Å². The van der Waals surface area contributed by atoms with Gasteiger partial charge < -0.3 is 15.6 Å². The highest BCUT2D eigenvalue weighted by Crippen LogP contribution is 2.49. The maximum Gasteiger partial charge on any atom is 0.261 e. The number of carbonyl (C=O) groups is 1. The summed E-state index contributed by atoms with van der Waals surface area (Å²) in [5.41, 5.74) is 5.37. The van der Waals surface area contributed by atoms with Crippen LogP contribution in [0.1, 0.15) is 18.9 Å². The van der Waals surface area contributed by atoms with Gasteiger partial charge in [-0.3, -0.25) is 9.69 Å². The van der Waals surface area contributed by atoms with E-state index in [1.54, 1.807) is 38.2 Å². The third-order valence-electron chi connectivity index (χ3n) is 5.25. The van der Waals surface area contributed by atoms with Gasteiger partial charge in [0, 0.05) is 24.1 Å². The highest BCUT2D eigenvalue weighted by atomic mass is 35.5. The largest absolute Gasteiger partial charge is 0.485 e. The van der Waals surface area contributed by atoms with Crippen molar-refractivity contribution in [3.05, 3.63) is 52.8 Å². The number of ether oxygens (including phenoxy) is 1. The first kappa shape index (κ1) is 18.7. The number of nitrogens with zero attached hydrogens (tertiary/aromatic N) is 2. The van der Waals surface area contributed by atoms with Crippen molar-refractivity contribution in [2.45, 2.75) is 24.5 Å². The van der Waals surface area contributed by atoms with E-state index in [0.717, 1.165) is 0 Å². The number of amides is 1. The number of guanidine groups is 1. The number of aliphatic imine (C=N–C) groups is 1. The van der Waals surface area contributed by atoms with Crippen LogP contribution in [0.15, 0.2) is 41.4 Å². The molecule has 1 spiro atoms. The van der Waals surface area contributed by atoms with Crippen LogP contribution in [0, 0.1) is 5.82 Å². The summed E-state index contributed by atoms with van der Waals surface area (Å²) in [6.45, 7) is 1.43. The number of hydrogen-bond acceptors (Lipinski definition) is 5. The van der Waals surface area contributed by atoms with Crippen LogP contribution in [0.25, 0.3) is 11.1 Å². The van der Waals surface area contributed by atoms with Crippen molar-refractivity contribution in [3.63, 3.8) is 0 Å². The average molecular weight is 404 g/mol. The molecule has 6 nitrogen and oxygen atoms in total. The van der Waals surface area contributed by atoms with Gasteiger partial charge in [-0.25, -0.2) is 9.38 Å². The Kier molecular flexibility index (Phi) is 4.13. The molecular weight excluding hydrogens is 385 g/mol. The minimum atomic E-state index is -1.31. The topological polar surface area (TPSA) is 88.2 Å². The summed E-state index contributed by atoms with van der Waals surface area (Å²) in [7, 11) is 1.55. The fourth-order valence-corrected chi connectivity index (χ4v) is 4.08. The lowest BCUT2D eigenvalue weighted by molar-refractivity contribution is -0.134. The number of benzene rings is 2. The molecule has 146 valence electrons. The van der Waals surface area contributed by atoms with E-state index in [4.69, 9.17) is 22.1 Å². The molecule has 0 radical (unpaired) electrons. The minimum Gasteiger partial charge on any atom is -0.485 e. The Labute approximate surface area is 166 Å². The van der Waals surface area contributed by atoms with Crippen LogP contribution in [-0.4, -0.2) is 41.1 Å². The molecule has 2 heterocycles. The Balaban J connectivity index is 1.93. The van der Waals surface area contributed by atoms with Crippen molar-refractivity contribution in [1.82, 2.24) is 4.90 Å². The van der Waals surface area contributed by atoms with Gasteiger partial charge in [-0.05, 0) is 48.4 Å². The summed E-state index contributed by atoms with van der Waals surface area (Å²) in [6, 6.07) is 9.40. The van der Waals surface area contributed by atoms with Crippen LogP contribution >= 0.6 is 11.6 Å². The number of aliphatic hydroxyl groups is 1. The first-order chi connectivity index (χ1) is 13.2. The van der Waals surface area contributed by atoms with E-state index in [2.05, 4.69) is 4.99 Å². The minimum absolute atomic E-state index is 0.0948. The van der Waals surface area contributed by atoms with Crippen molar-refractivity contribution in [2.75, 3.05) is 13.7 Å². The Morgan fingerprint density at radius 2 is 2.07 bits per heavy atom. The number of rotatable bonds is 2. The standard InChI is InChI=1S/C20H19ClFN3O3/c1-19(10-26)9-20(17(27)25(2)18(23)24-20)15-7-11(3-4-16(15)28-19)12-5-13(21)8-14(22)6-12/h3-8,26H,9-10H2,1-2H3,(H2,23,24)/t19-,20?/m0/s1. The summed E-state index contributed by atoms with van der Waals surface area (Å²) in [5, 5.41) is 10.1. The van der Waals surface area contributed by atoms with Gasteiger partial charge in [0.25, 0.3) is 5.91 Å². The van der Waals surface area contributed by atoms with Crippen molar-refractivity contribution >= 4 is 23.5 Å². The van der Waals surface area contributed by atoms with Crippen molar-refractivity contribution in [2.24, 2.45) is 10.7 Å². The smallest absolute Gasteiger partial charge is 0.261 e. The van der Waals surface area contributed by atoms with Gasteiger partial charge in [-0.15, -0.1) is 0 Å². The zero-order valence-electron chi connectivity index (χ0n) is 15.4. The molecule has 8 heteroatoms. The molecule has 0 fully saturated rings. The monoisotopic (exact) mass is 403 g/mol. The zero-order chi connectivity index (χ0) is 20.3. The van der Waals surface area contributed by atoms with Crippen LogP contribution in [0.2, 0.25) is 5.02 Å². The Morgan fingerprint density at radius 1 is 1.32 bits per heavy atom. The third kappa shape index (κ3) is 2.73. The van der Waals surface area contributed by atoms with E-state index in [9.17, 15) is 14.3 Å². The fourth-order valence-electron chi connectivity index (χ4n) is 3.86. The second-order valence-corrected chi connectivity index (χ2v) is 7.89. The molecular formula is C20H19ClFN3O3. The Morgan fingerprint density at radius 3 is 2.68 bits per heavy atom. The van der Waals surface area contributed by atoms with Gasteiger partial charge in [0.05, 0.1) is 6.61 Å². The van der Waals surface area contributed by atoms with E-state index >= 15 is 0 Å². The summed E-state index contributed by atoms with van der Waals surface area (Å²) in [4.78, 5) is 18.9. The molecule has 2 aromatic rings. The van der Waals surface area contributed by atoms with Crippen molar-refractivity contribution in [3.8, 4) is 16.9 Å². The molecule has 3 N–H and O–H groups in total. The van der Waals surface area contributed by atoms with Gasteiger partial charge in [0.2, 0.25) is 0 Å². The lowest BCUT2D eigenvalue weighted by Gasteiger charge is -2.42. The number of hydrogen-bond donors (Lipinski definition) is 2. The Bertz CT molecular complexity index is 1010. The summed E-state index contributed by atoms with van der Waals surface area (Å²) in [6.07, 6.45) is 0.126. The predicted molar refractivity (Wildman–Crippen MR) is 104 cm³/mol. The fraction of sp³-hybridized carbons (Fsp3) is 0.300. The first-order valence-electron chi connectivity index (χ1n) is 8.72. The molecule has 0 aliphatic carbocycles. The second kappa shape index (κ2) is 6.18. The molecule has 2 atom stereocenters. The summed E-state index contributed by atoms with van der Waals surface area (Å²) in [5.74, 6) is -0.242. The number of nitrogens with two attached hydrogens (primary N) is 1. The molecule has 2 aliphatic heterocycles. The number of carbonyl (C=O) groups excluding carboxylic acids is 1. The highest BCUT2D eigenvalue weighted by molar-refractivity contribution is 6.30. The molecule has 1 unspecified atom stereocenters. The SMILES string of the molecule is CN1C(=O)C2(C[C@@](C)(CO)Oc3ccc(-c4cc(F)cc(Cl)c4)cc32)N=C1N. The first-order valence-corrected chi connectivity index (χ1v) is 9.10. The zero-order valence-corrected chi connectivity index (χ0v) is 16.1. The third-order valence-corrected chi connectivity index (χ3v) is 5.47. The molecule has 0 saturated carbocycles. The van der Waals surface area contributed by atoms with Crippen LogP contribution < -0.4 is 10.5 Å². The van der Waals surface area contributed by atoms with Crippen molar-refractivity contribution in [1.29, 1.82) is 0 Å². The lowest BCUT2D eigenvalue weighted by Crippen LogP contribution is -2.52. The quantitative estimate of drug-likeness (QED) is 0.806.